The van der Waals surface area contributed by atoms with Gasteiger partial charge in [0.05, 0.1) is 11.6 Å². The lowest BCUT2D eigenvalue weighted by atomic mass is 9.94. The Morgan fingerprint density at radius 1 is 1.16 bits per heavy atom. The number of nitrogens with zero attached hydrogens (tertiary/aromatic N) is 2. The molecule has 0 fully saturated rings. The Morgan fingerprint density at radius 3 is 2.53 bits per heavy atom. The molecule has 4 rings (SSSR count). The number of benzene rings is 2. The maximum Gasteiger partial charge on any atom is 0.290 e. The highest BCUT2D eigenvalue weighted by Gasteiger charge is 2.44. The van der Waals surface area contributed by atoms with Gasteiger partial charge in [-0.2, -0.15) is 0 Å². The average Bonchev–Trinajstić information content (AvgIpc) is 3.30. The summed E-state index contributed by atoms with van der Waals surface area (Å²) in [5.74, 6) is -1.51. The van der Waals surface area contributed by atoms with Crippen molar-refractivity contribution in [1.82, 2.24) is 4.90 Å². The highest BCUT2D eigenvalue weighted by molar-refractivity contribution is 6.31. The van der Waals surface area contributed by atoms with E-state index in [0.29, 0.717) is 22.5 Å². The van der Waals surface area contributed by atoms with Crippen molar-refractivity contribution in [2.75, 3.05) is 25.5 Å². The van der Waals surface area contributed by atoms with E-state index in [4.69, 9.17) is 16.0 Å². The second kappa shape index (κ2) is 8.71. The second-order valence-corrected chi connectivity index (χ2v) is 8.56. The van der Waals surface area contributed by atoms with Crippen molar-refractivity contribution < 1.29 is 19.1 Å². The molecule has 0 spiro atoms. The molecule has 1 aliphatic rings. The Morgan fingerprint density at radius 2 is 1.88 bits per heavy atom. The summed E-state index contributed by atoms with van der Waals surface area (Å²) in [6, 6.07) is 13.6. The Kier molecular flexibility index (Phi) is 5.98. The molecule has 0 radical (unpaired) electrons. The van der Waals surface area contributed by atoms with Crippen LogP contribution in [0.5, 0.6) is 0 Å². The average molecular weight is 453 g/mol. The van der Waals surface area contributed by atoms with Gasteiger partial charge in [-0.1, -0.05) is 37.1 Å². The first-order chi connectivity index (χ1) is 15.3. The van der Waals surface area contributed by atoms with Gasteiger partial charge in [-0.15, -0.1) is 0 Å². The van der Waals surface area contributed by atoms with E-state index in [1.54, 1.807) is 29.2 Å². The number of furan rings is 1. The number of Topliss-reactive ketones (excluding diaryl/α,β-unsaturated/α-hetero) is 1. The lowest BCUT2D eigenvalue weighted by molar-refractivity contribution is -0.129. The first-order valence-corrected chi connectivity index (χ1v) is 10.9. The Bertz CT molecular complexity index is 1210. The summed E-state index contributed by atoms with van der Waals surface area (Å²) in [7, 11) is 3.88. The molecule has 2 aromatic carbocycles. The minimum atomic E-state index is -0.686. The summed E-state index contributed by atoms with van der Waals surface area (Å²) in [4.78, 5) is 30.0. The summed E-state index contributed by atoms with van der Waals surface area (Å²) >= 11 is 6.05. The summed E-state index contributed by atoms with van der Waals surface area (Å²) in [6.45, 7) is 2.46. The maximum atomic E-state index is 13.5. The number of carbonyl (C=O) groups excluding carboxylic acids is 2. The first-order valence-electron chi connectivity index (χ1n) is 10.6. The number of rotatable bonds is 7. The number of anilines is 1. The van der Waals surface area contributed by atoms with Crippen LogP contribution in [0.4, 0.5) is 5.69 Å². The van der Waals surface area contributed by atoms with Crippen LogP contribution in [0.3, 0.4) is 0 Å². The third kappa shape index (κ3) is 3.86. The molecule has 32 heavy (non-hydrogen) atoms. The van der Waals surface area contributed by atoms with E-state index >= 15 is 0 Å². The third-order valence-corrected chi connectivity index (χ3v) is 5.96. The summed E-state index contributed by atoms with van der Waals surface area (Å²) < 4.78 is 5.74. The summed E-state index contributed by atoms with van der Waals surface area (Å²) in [6.07, 6.45) is 1.64. The molecule has 1 aliphatic heterocycles. The molecule has 1 N–H and O–H groups in total. The van der Waals surface area contributed by atoms with Gasteiger partial charge in [-0.3, -0.25) is 9.59 Å². The summed E-state index contributed by atoms with van der Waals surface area (Å²) in [5.41, 5.74) is 2.30. The molecule has 166 valence electrons. The fraction of sp³-hybridized carbons (Fsp3) is 0.280. The van der Waals surface area contributed by atoms with Gasteiger partial charge in [0.25, 0.3) is 5.91 Å². The number of aliphatic hydroxyl groups excluding tert-OH is 1. The molecule has 3 aromatic rings. The van der Waals surface area contributed by atoms with E-state index in [2.05, 4.69) is 0 Å². The van der Waals surface area contributed by atoms with Crippen LogP contribution in [-0.4, -0.2) is 42.3 Å². The van der Waals surface area contributed by atoms with Gasteiger partial charge in [0.1, 0.15) is 5.58 Å². The topological polar surface area (TPSA) is 74.0 Å². The molecule has 6 nitrogen and oxygen atoms in total. The molecule has 1 unspecified atom stereocenters. The maximum absolute atomic E-state index is 13.5. The Balaban J connectivity index is 1.78. The third-order valence-electron chi connectivity index (χ3n) is 5.73. The van der Waals surface area contributed by atoms with E-state index in [1.807, 2.05) is 50.2 Å². The van der Waals surface area contributed by atoms with Crippen molar-refractivity contribution in [3.05, 3.63) is 76.2 Å². The van der Waals surface area contributed by atoms with Crippen molar-refractivity contribution in [3.8, 4) is 0 Å². The monoisotopic (exact) mass is 452 g/mol. The zero-order valence-corrected chi connectivity index (χ0v) is 19.0. The second-order valence-electron chi connectivity index (χ2n) is 8.12. The van der Waals surface area contributed by atoms with E-state index < -0.39 is 23.5 Å². The fourth-order valence-electron chi connectivity index (χ4n) is 4.00. The predicted molar refractivity (Wildman–Crippen MR) is 125 cm³/mol. The largest absolute Gasteiger partial charge is 0.503 e. The van der Waals surface area contributed by atoms with Crippen molar-refractivity contribution in [2.24, 2.45) is 0 Å². The van der Waals surface area contributed by atoms with E-state index in [9.17, 15) is 14.7 Å². The Hall–Kier alpha value is -3.25. The van der Waals surface area contributed by atoms with Crippen molar-refractivity contribution in [2.45, 2.75) is 25.8 Å². The number of hydrogen-bond donors (Lipinski definition) is 1. The van der Waals surface area contributed by atoms with Gasteiger partial charge in [-0.05, 0) is 48.4 Å². The zero-order chi connectivity index (χ0) is 23.0. The number of amides is 1. The van der Waals surface area contributed by atoms with Crippen LogP contribution in [-0.2, 0) is 4.79 Å². The van der Waals surface area contributed by atoms with Gasteiger partial charge in [0.2, 0.25) is 5.78 Å². The van der Waals surface area contributed by atoms with Crippen LogP contribution >= 0.6 is 11.6 Å². The molecule has 0 bridgehead atoms. The van der Waals surface area contributed by atoms with E-state index in [0.717, 1.165) is 24.1 Å². The number of unbranched alkanes of at least 4 members (excludes halogenated alkanes) is 1. The van der Waals surface area contributed by atoms with Crippen LogP contribution < -0.4 is 4.90 Å². The molecule has 1 aromatic heterocycles. The van der Waals surface area contributed by atoms with Gasteiger partial charge >= 0.3 is 0 Å². The van der Waals surface area contributed by atoms with Crippen LogP contribution in [0.1, 0.15) is 41.9 Å². The van der Waals surface area contributed by atoms with Crippen LogP contribution in [0.2, 0.25) is 5.02 Å². The normalized spacial score (nSPS) is 16.3. The molecular weight excluding hydrogens is 428 g/mol. The van der Waals surface area contributed by atoms with Crippen LogP contribution in [0.15, 0.2) is 64.3 Å². The number of carbonyl (C=O) groups is 2. The van der Waals surface area contributed by atoms with Crippen molar-refractivity contribution in [1.29, 1.82) is 0 Å². The number of ketones is 1. The van der Waals surface area contributed by atoms with Gasteiger partial charge < -0.3 is 19.3 Å². The number of halogens is 1. The lowest BCUT2D eigenvalue weighted by Crippen LogP contribution is -2.32. The van der Waals surface area contributed by atoms with E-state index in [1.165, 1.54) is 0 Å². The number of hydrogen-bond acceptors (Lipinski definition) is 5. The molecule has 2 heterocycles. The minimum Gasteiger partial charge on any atom is -0.503 e. The van der Waals surface area contributed by atoms with Gasteiger partial charge in [0.15, 0.2) is 11.5 Å². The zero-order valence-electron chi connectivity index (χ0n) is 18.3. The number of fused-ring (bicyclic) bond motifs is 1. The fourth-order valence-corrected chi connectivity index (χ4v) is 4.19. The van der Waals surface area contributed by atoms with E-state index in [-0.39, 0.29) is 11.3 Å². The SMILES string of the molecule is CCCCN1C(=O)C(O)=C(C(=O)c2cc3cc(Cl)ccc3o2)C1c1ccc(N(C)C)cc1. The lowest BCUT2D eigenvalue weighted by Gasteiger charge is -2.27. The van der Waals surface area contributed by atoms with Crippen molar-refractivity contribution >= 4 is 39.9 Å². The highest BCUT2D eigenvalue weighted by Crippen LogP contribution is 2.40. The first kappa shape index (κ1) is 22.0. The predicted octanol–water partition coefficient (Wildman–Crippen LogP) is 5.53. The molecule has 0 saturated carbocycles. The molecular formula is C25H25ClN2O4. The number of aliphatic hydroxyl groups is 1. The van der Waals surface area contributed by atoms with Crippen LogP contribution in [0.25, 0.3) is 11.0 Å². The quantitative estimate of drug-likeness (QED) is 0.477. The minimum absolute atomic E-state index is 0.0360. The molecule has 1 amide bonds. The molecule has 7 heteroatoms. The smallest absolute Gasteiger partial charge is 0.290 e. The molecule has 1 atom stereocenters. The molecule has 0 aliphatic carbocycles. The highest BCUT2D eigenvalue weighted by atomic mass is 35.5. The van der Waals surface area contributed by atoms with Gasteiger partial charge in [-0.25, -0.2) is 0 Å². The standard InChI is InChI=1S/C25H25ClN2O4/c1-4-5-12-28-22(15-6-9-18(10-7-15)27(2)3)21(24(30)25(28)31)23(29)20-14-16-13-17(26)8-11-19(16)32-20/h6-11,13-14,22,30H,4-5,12H2,1-3H3. The van der Waals surface area contributed by atoms with Crippen molar-refractivity contribution in [3.63, 3.8) is 0 Å². The van der Waals surface area contributed by atoms with Crippen LogP contribution in [0, 0.1) is 0 Å². The van der Waals surface area contributed by atoms with Gasteiger partial charge in [0, 0.05) is 36.7 Å². The Labute approximate surface area is 191 Å². The molecule has 0 saturated heterocycles. The summed E-state index contributed by atoms with van der Waals surface area (Å²) in [5, 5.41) is 12.0.